The third-order valence-electron chi connectivity index (χ3n) is 3.17. The molecule has 1 heteroatoms. The van der Waals surface area contributed by atoms with E-state index in [0.29, 0.717) is 6.71 Å². The van der Waals surface area contributed by atoms with E-state index in [1.807, 2.05) is 5.98 Å². The molecule has 0 saturated heterocycles. The van der Waals surface area contributed by atoms with E-state index in [4.69, 9.17) is 0 Å². The van der Waals surface area contributed by atoms with E-state index in [0.717, 1.165) is 6.42 Å². The van der Waals surface area contributed by atoms with Gasteiger partial charge >= 0.3 is 0 Å². The average molecular weight is 220 g/mol. The van der Waals surface area contributed by atoms with Crippen LogP contribution in [0, 0.1) is 0 Å². The molecule has 0 fully saturated rings. The maximum Gasteiger partial charge on any atom is 0.233 e. The molecule has 0 spiro atoms. The van der Waals surface area contributed by atoms with E-state index < -0.39 is 0 Å². The molecule has 2 aromatic carbocycles. The second-order valence-electron chi connectivity index (χ2n) is 4.18. The van der Waals surface area contributed by atoms with Crippen LogP contribution in [0.5, 0.6) is 0 Å². The molecule has 0 aromatic heterocycles. The first kappa shape index (κ1) is 11.7. The summed E-state index contributed by atoms with van der Waals surface area (Å²) in [6, 6.07) is 19.2. The average Bonchev–Trinajstić information content (AvgIpc) is 2.41. The summed E-state index contributed by atoms with van der Waals surface area (Å²) >= 11 is 0. The van der Waals surface area contributed by atoms with Crippen molar-refractivity contribution in [2.75, 3.05) is 0 Å². The van der Waals surface area contributed by atoms with Crippen LogP contribution in [-0.4, -0.2) is 6.71 Å². The second kappa shape index (κ2) is 5.54. The zero-order valence-electron chi connectivity index (χ0n) is 10.3. The Labute approximate surface area is 104 Å². The molecule has 0 heterocycles. The quantitative estimate of drug-likeness (QED) is 0.694. The molecule has 0 nitrogen and oxygen atoms in total. The maximum absolute atomic E-state index is 3.99. The van der Waals surface area contributed by atoms with Gasteiger partial charge in [-0.05, 0) is 6.42 Å². The fourth-order valence-corrected chi connectivity index (χ4v) is 2.26. The molecule has 0 radical (unpaired) electrons. The summed E-state index contributed by atoms with van der Waals surface area (Å²) < 4.78 is 0. The minimum absolute atomic E-state index is 0.298. The Bertz CT molecular complexity index is 488. The lowest BCUT2D eigenvalue weighted by Crippen LogP contribution is -2.42. The standard InChI is InChI=1S/C16H17B/c1-3-14-10-8-9-13-16(14)17(4-2)15-11-6-5-7-12-15/h4-13H,2-3H2,1H3. The fraction of sp³-hybridized carbons (Fsp3) is 0.125. The predicted octanol–water partition coefficient (Wildman–Crippen LogP) is 2.58. The molecule has 0 atom stereocenters. The molecule has 0 aliphatic rings. The van der Waals surface area contributed by atoms with Crippen LogP contribution in [0.3, 0.4) is 0 Å². The van der Waals surface area contributed by atoms with Crippen LogP contribution in [0.25, 0.3) is 0 Å². The van der Waals surface area contributed by atoms with Crippen molar-refractivity contribution in [3.63, 3.8) is 0 Å². The van der Waals surface area contributed by atoms with Crippen molar-refractivity contribution in [2.45, 2.75) is 13.3 Å². The Balaban J connectivity index is 2.46. The molecule has 0 N–H and O–H groups in total. The SMILES string of the molecule is C=CB(c1ccccc1)c1ccccc1CC. The van der Waals surface area contributed by atoms with Gasteiger partial charge in [0.05, 0.1) is 0 Å². The minimum atomic E-state index is 0.298. The van der Waals surface area contributed by atoms with Gasteiger partial charge in [0.2, 0.25) is 6.71 Å². The highest BCUT2D eigenvalue weighted by Crippen LogP contribution is 2.01. The normalized spacial score (nSPS) is 9.94. The molecule has 0 aliphatic heterocycles. The summed E-state index contributed by atoms with van der Waals surface area (Å²) in [6.07, 6.45) is 1.06. The van der Waals surface area contributed by atoms with Gasteiger partial charge in [-0.25, -0.2) is 0 Å². The molecule has 0 unspecified atom stereocenters. The lowest BCUT2D eigenvalue weighted by Gasteiger charge is -2.14. The number of aryl methyl sites for hydroxylation is 1. The largest absolute Gasteiger partial charge is 0.233 e. The Morgan fingerprint density at radius 2 is 1.65 bits per heavy atom. The van der Waals surface area contributed by atoms with Gasteiger partial charge in [-0.15, -0.1) is 12.6 Å². The highest BCUT2D eigenvalue weighted by Gasteiger charge is 2.16. The molecule has 0 bridgehead atoms. The third-order valence-corrected chi connectivity index (χ3v) is 3.17. The lowest BCUT2D eigenvalue weighted by molar-refractivity contribution is 1.15. The van der Waals surface area contributed by atoms with Crippen LogP contribution in [0.1, 0.15) is 12.5 Å². The number of hydrogen-bond donors (Lipinski definition) is 0. The van der Waals surface area contributed by atoms with Crippen molar-refractivity contribution in [3.8, 4) is 0 Å². The van der Waals surface area contributed by atoms with Crippen LogP contribution >= 0.6 is 0 Å². The summed E-state index contributed by atoms with van der Waals surface area (Å²) in [5.41, 5.74) is 4.08. The van der Waals surface area contributed by atoms with Gasteiger partial charge in [-0.2, -0.15) is 0 Å². The van der Waals surface area contributed by atoms with Gasteiger partial charge in [0.1, 0.15) is 0 Å². The summed E-state index contributed by atoms with van der Waals surface area (Å²) in [5.74, 6) is 2.03. The van der Waals surface area contributed by atoms with Crippen LogP contribution in [0.15, 0.2) is 67.2 Å². The van der Waals surface area contributed by atoms with Gasteiger partial charge < -0.3 is 0 Å². The molecule has 0 aliphatic carbocycles. The number of benzene rings is 2. The maximum atomic E-state index is 3.99. The number of hydrogen-bond acceptors (Lipinski definition) is 0. The van der Waals surface area contributed by atoms with Crippen molar-refractivity contribution < 1.29 is 0 Å². The van der Waals surface area contributed by atoms with E-state index in [2.05, 4.69) is 68.1 Å². The first-order valence-electron chi connectivity index (χ1n) is 6.12. The van der Waals surface area contributed by atoms with E-state index in [1.165, 1.54) is 16.5 Å². The highest BCUT2D eigenvalue weighted by molar-refractivity contribution is 6.89. The van der Waals surface area contributed by atoms with Gasteiger partial charge in [-0.3, -0.25) is 0 Å². The molecule has 84 valence electrons. The Morgan fingerprint density at radius 3 is 2.29 bits per heavy atom. The van der Waals surface area contributed by atoms with Crippen LogP contribution in [0.4, 0.5) is 0 Å². The summed E-state index contributed by atoms with van der Waals surface area (Å²) in [6.45, 7) is 6.49. The highest BCUT2D eigenvalue weighted by atomic mass is 14.0. The van der Waals surface area contributed by atoms with E-state index in [9.17, 15) is 0 Å². The van der Waals surface area contributed by atoms with Crippen molar-refractivity contribution in [3.05, 3.63) is 72.7 Å². The van der Waals surface area contributed by atoms with Crippen LogP contribution in [0.2, 0.25) is 0 Å². The molecule has 17 heavy (non-hydrogen) atoms. The van der Waals surface area contributed by atoms with Crippen LogP contribution in [-0.2, 0) is 6.42 Å². The fourth-order valence-electron chi connectivity index (χ4n) is 2.26. The van der Waals surface area contributed by atoms with Gasteiger partial charge in [0.25, 0.3) is 0 Å². The number of rotatable bonds is 4. The molecule has 0 saturated carbocycles. The second-order valence-corrected chi connectivity index (χ2v) is 4.18. The Morgan fingerprint density at radius 1 is 1.00 bits per heavy atom. The van der Waals surface area contributed by atoms with Gasteiger partial charge in [-0.1, -0.05) is 78.0 Å². The predicted molar refractivity (Wildman–Crippen MR) is 77.5 cm³/mol. The van der Waals surface area contributed by atoms with Gasteiger partial charge in [0.15, 0.2) is 0 Å². The third kappa shape index (κ3) is 2.50. The monoisotopic (exact) mass is 220 g/mol. The van der Waals surface area contributed by atoms with Crippen molar-refractivity contribution in [1.29, 1.82) is 0 Å². The smallest absolute Gasteiger partial charge is 0.113 e. The Kier molecular flexibility index (Phi) is 3.82. The summed E-state index contributed by atoms with van der Waals surface area (Å²) in [5, 5.41) is 0. The molecule has 2 aromatic rings. The lowest BCUT2D eigenvalue weighted by atomic mass is 9.40. The molecular weight excluding hydrogens is 203 g/mol. The van der Waals surface area contributed by atoms with E-state index in [-0.39, 0.29) is 0 Å². The summed E-state index contributed by atoms with van der Waals surface area (Å²) in [4.78, 5) is 0. The van der Waals surface area contributed by atoms with Crippen LogP contribution < -0.4 is 10.9 Å². The molecule has 2 rings (SSSR count). The van der Waals surface area contributed by atoms with E-state index in [1.54, 1.807) is 0 Å². The Hall–Kier alpha value is -1.76. The van der Waals surface area contributed by atoms with Crippen molar-refractivity contribution in [2.24, 2.45) is 0 Å². The summed E-state index contributed by atoms with van der Waals surface area (Å²) in [7, 11) is 0. The molecular formula is C16H17B. The zero-order valence-corrected chi connectivity index (χ0v) is 10.3. The van der Waals surface area contributed by atoms with E-state index >= 15 is 0 Å². The van der Waals surface area contributed by atoms with Crippen molar-refractivity contribution in [1.82, 2.24) is 0 Å². The first-order valence-corrected chi connectivity index (χ1v) is 6.12. The zero-order chi connectivity index (χ0) is 12.1. The first-order chi connectivity index (χ1) is 8.36. The minimum Gasteiger partial charge on any atom is -0.113 e. The van der Waals surface area contributed by atoms with Gasteiger partial charge in [0, 0.05) is 0 Å². The molecule has 0 amide bonds. The topological polar surface area (TPSA) is 0 Å². The van der Waals surface area contributed by atoms with Crippen molar-refractivity contribution >= 4 is 17.6 Å².